The summed E-state index contributed by atoms with van der Waals surface area (Å²) in [6.07, 6.45) is 0. The Kier molecular flexibility index (Phi) is 5.00. The third-order valence-electron chi connectivity index (χ3n) is 5.59. The highest BCUT2D eigenvalue weighted by molar-refractivity contribution is 6.00. The first-order chi connectivity index (χ1) is 15.3. The van der Waals surface area contributed by atoms with E-state index in [0.717, 1.165) is 33.7 Å². The molecule has 0 saturated heterocycles. The van der Waals surface area contributed by atoms with Gasteiger partial charge in [-0.15, -0.1) is 0 Å². The van der Waals surface area contributed by atoms with E-state index in [9.17, 15) is 4.79 Å². The quantitative estimate of drug-likeness (QED) is 0.475. The predicted molar refractivity (Wildman–Crippen MR) is 120 cm³/mol. The van der Waals surface area contributed by atoms with Gasteiger partial charge in [-0.2, -0.15) is 5.10 Å². The molecule has 1 N–H and O–H groups in total. The van der Waals surface area contributed by atoms with Gasteiger partial charge in [-0.25, -0.2) is 0 Å². The fourth-order valence-corrected chi connectivity index (χ4v) is 4.24. The molecule has 5 heteroatoms. The van der Waals surface area contributed by atoms with Gasteiger partial charge < -0.3 is 9.64 Å². The third-order valence-corrected chi connectivity index (χ3v) is 5.59. The number of nitrogens with one attached hydrogen (secondary N) is 1. The predicted octanol–water partition coefficient (Wildman–Crippen LogP) is 5.22. The van der Waals surface area contributed by atoms with Crippen molar-refractivity contribution in [1.82, 2.24) is 15.1 Å². The molecule has 1 aromatic heterocycles. The summed E-state index contributed by atoms with van der Waals surface area (Å²) in [7, 11) is 0. The van der Waals surface area contributed by atoms with E-state index in [4.69, 9.17) is 4.74 Å². The van der Waals surface area contributed by atoms with Crippen molar-refractivity contribution in [3.63, 3.8) is 0 Å². The highest BCUT2D eigenvalue weighted by Crippen LogP contribution is 2.44. The van der Waals surface area contributed by atoms with Gasteiger partial charge in [0.1, 0.15) is 11.4 Å². The lowest BCUT2D eigenvalue weighted by Crippen LogP contribution is -2.29. The Labute approximate surface area is 181 Å². The summed E-state index contributed by atoms with van der Waals surface area (Å²) >= 11 is 0. The van der Waals surface area contributed by atoms with Crippen LogP contribution in [0.1, 0.15) is 40.1 Å². The van der Waals surface area contributed by atoms with Gasteiger partial charge in [-0.1, -0.05) is 72.8 Å². The minimum atomic E-state index is -0.253. The molecular formula is C26H23N3O2. The number of aromatic amines is 1. The van der Waals surface area contributed by atoms with Crippen LogP contribution in [-0.4, -0.2) is 27.6 Å². The molecule has 3 aromatic carbocycles. The molecule has 154 valence electrons. The van der Waals surface area contributed by atoms with Crippen molar-refractivity contribution < 1.29 is 9.53 Å². The SMILES string of the molecule is CCOc1cccc(C2c3c(-c4ccccc4)n[nH]c3C(=O)N2Cc2ccccc2)c1. The first-order valence-corrected chi connectivity index (χ1v) is 10.5. The van der Waals surface area contributed by atoms with E-state index in [1.54, 1.807) is 0 Å². The Balaban J connectivity index is 1.64. The first-order valence-electron chi connectivity index (χ1n) is 10.5. The fourth-order valence-electron chi connectivity index (χ4n) is 4.24. The van der Waals surface area contributed by atoms with Crippen molar-refractivity contribution in [2.45, 2.75) is 19.5 Å². The molecule has 1 amide bonds. The lowest BCUT2D eigenvalue weighted by molar-refractivity contribution is 0.0730. The molecular weight excluding hydrogens is 386 g/mol. The number of aromatic nitrogens is 2. The van der Waals surface area contributed by atoms with E-state index in [1.165, 1.54) is 0 Å². The highest BCUT2D eigenvalue weighted by Gasteiger charge is 2.42. The molecule has 1 unspecified atom stereocenters. The molecule has 5 nitrogen and oxygen atoms in total. The summed E-state index contributed by atoms with van der Waals surface area (Å²) < 4.78 is 5.74. The van der Waals surface area contributed by atoms with Crippen molar-refractivity contribution in [3.8, 4) is 17.0 Å². The van der Waals surface area contributed by atoms with Gasteiger partial charge in [-0.05, 0) is 30.2 Å². The summed E-state index contributed by atoms with van der Waals surface area (Å²) in [5, 5.41) is 7.55. The molecule has 0 spiro atoms. The average Bonchev–Trinajstić information content (AvgIpc) is 3.35. The molecule has 0 aliphatic carbocycles. The Hall–Kier alpha value is -3.86. The van der Waals surface area contributed by atoms with E-state index in [2.05, 4.69) is 16.3 Å². The fraction of sp³-hybridized carbons (Fsp3) is 0.154. The van der Waals surface area contributed by atoms with Crippen molar-refractivity contribution in [2.75, 3.05) is 6.61 Å². The molecule has 1 atom stereocenters. The number of carbonyl (C=O) groups excluding carboxylic acids is 1. The molecule has 0 bridgehead atoms. The van der Waals surface area contributed by atoms with Crippen LogP contribution in [0.4, 0.5) is 0 Å². The molecule has 0 saturated carbocycles. The zero-order valence-corrected chi connectivity index (χ0v) is 17.3. The maximum absolute atomic E-state index is 13.5. The molecule has 31 heavy (non-hydrogen) atoms. The molecule has 5 rings (SSSR count). The number of H-pyrrole nitrogens is 1. The van der Waals surface area contributed by atoms with E-state index in [0.29, 0.717) is 18.8 Å². The molecule has 4 aromatic rings. The van der Waals surface area contributed by atoms with Crippen molar-refractivity contribution in [3.05, 3.63) is 107 Å². The van der Waals surface area contributed by atoms with Gasteiger partial charge in [0.25, 0.3) is 5.91 Å². The molecule has 1 aliphatic heterocycles. The monoisotopic (exact) mass is 409 g/mol. The number of fused-ring (bicyclic) bond motifs is 1. The smallest absolute Gasteiger partial charge is 0.273 e. The first kappa shape index (κ1) is 19.1. The number of ether oxygens (including phenoxy) is 1. The Morgan fingerprint density at radius 2 is 1.71 bits per heavy atom. The van der Waals surface area contributed by atoms with Crippen LogP contribution in [0.15, 0.2) is 84.9 Å². The summed E-state index contributed by atoms with van der Waals surface area (Å²) in [5.74, 6) is 0.755. The number of carbonyl (C=O) groups is 1. The molecule has 2 heterocycles. The van der Waals surface area contributed by atoms with Crippen LogP contribution in [-0.2, 0) is 6.54 Å². The number of nitrogens with zero attached hydrogens (tertiary/aromatic N) is 2. The van der Waals surface area contributed by atoms with E-state index >= 15 is 0 Å². The Morgan fingerprint density at radius 1 is 0.968 bits per heavy atom. The summed E-state index contributed by atoms with van der Waals surface area (Å²) in [6.45, 7) is 3.07. The molecule has 0 fully saturated rings. The van der Waals surface area contributed by atoms with Crippen LogP contribution in [0, 0.1) is 0 Å². The number of amides is 1. The van der Waals surface area contributed by atoms with Crippen LogP contribution < -0.4 is 4.74 Å². The standard InChI is InChI=1S/C26H23N3O2/c1-2-31-21-15-9-14-20(16-21)25-22-23(19-12-7-4-8-13-19)27-28-24(22)26(30)29(25)17-18-10-5-3-6-11-18/h3-16,25H,2,17H2,1H3,(H,27,28). The van der Waals surface area contributed by atoms with Crippen LogP contribution in [0.25, 0.3) is 11.3 Å². The maximum Gasteiger partial charge on any atom is 0.273 e. The van der Waals surface area contributed by atoms with E-state index < -0.39 is 0 Å². The van der Waals surface area contributed by atoms with Crippen LogP contribution >= 0.6 is 0 Å². The van der Waals surface area contributed by atoms with Gasteiger partial charge in [0.2, 0.25) is 0 Å². The van der Waals surface area contributed by atoms with E-state index in [1.807, 2.05) is 90.7 Å². The zero-order valence-electron chi connectivity index (χ0n) is 17.3. The minimum Gasteiger partial charge on any atom is -0.494 e. The lowest BCUT2D eigenvalue weighted by atomic mass is 9.95. The summed E-state index contributed by atoms with van der Waals surface area (Å²) in [6, 6.07) is 27.8. The number of hydrogen-bond donors (Lipinski definition) is 1. The van der Waals surface area contributed by atoms with Crippen LogP contribution in [0.3, 0.4) is 0 Å². The Morgan fingerprint density at radius 3 is 2.45 bits per heavy atom. The maximum atomic E-state index is 13.5. The average molecular weight is 409 g/mol. The largest absolute Gasteiger partial charge is 0.494 e. The zero-order chi connectivity index (χ0) is 21.2. The highest BCUT2D eigenvalue weighted by atomic mass is 16.5. The van der Waals surface area contributed by atoms with Crippen molar-refractivity contribution >= 4 is 5.91 Å². The van der Waals surface area contributed by atoms with Gasteiger partial charge in [0.05, 0.1) is 18.3 Å². The number of benzene rings is 3. The van der Waals surface area contributed by atoms with Gasteiger partial charge >= 0.3 is 0 Å². The summed E-state index contributed by atoms with van der Waals surface area (Å²) in [5.41, 5.74) is 5.36. The van der Waals surface area contributed by atoms with Crippen molar-refractivity contribution in [2.24, 2.45) is 0 Å². The Bertz CT molecular complexity index is 1200. The summed E-state index contributed by atoms with van der Waals surface area (Å²) in [4.78, 5) is 15.4. The number of hydrogen-bond acceptors (Lipinski definition) is 3. The lowest BCUT2D eigenvalue weighted by Gasteiger charge is -2.27. The van der Waals surface area contributed by atoms with Gasteiger partial charge in [0.15, 0.2) is 0 Å². The second-order valence-electron chi connectivity index (χ2n) is 7.55. The number of rotatable bonds is 6. The van der Waals surface area contributed by atoms with E-state index in [-0.39, 0.29) is 11.9 Å². The van der Waals surface area contributed by atoms with Gasteiger partial charge in [0, 0.05) is 17.7 Å². The van der Waals surface area contributed by atoms with Crippen molar-refractivity contribution in [1.29, 1.82) is 0 Å². The molecule has 0 radical (unpaired) electrons. The third kappa shape index (κ3) is 3.48. The minimum absolute atomic E-state index is 0.0413. The normalized spacial score (nSPS) is 15.2. The van der Waals surface area contributed by atoms with Crippen LogP contribution in [0.5, 0.6) is 5.75 Å². The second-order valence-corrected chi connectivity index (χ2v) is 7.55. The van der Waals surface area contributed by atoms with Gasteiger partial charge in [-0.3, -0.25) is 9.89 Å². The topological polar surface area (TPSA) is 58.2 Å². The van der Waals surface area contributed by atoms with Crippen LogP contribution in [0.2, 0.25) is 0 Å². The second kappa shape index (κ2) is 8.11. The molecule has 1 aliphatic rings.